The number of hydrogen-bond acceptors (Lipinski definition) is 4. The number of anilines is 1. The van der Waals surface area contributed by atoms with Gasteiger partial charge in [-0.25, -0.2) is 0 Å². The van der Waals surface area contributed by atoms with E-state index in [-0.39, 0.29) is 11.4 Å². The zero-order chi connectivity index (χ0) is 11.7. The van der Waals surface area contributed by atoms with Crippen molar-refractivity contribution in [2.45, 2.75) is 0 Å². The van der Waals surface area contributed by atoms with Crippen molar-refractivity contribution in [3.63, 3.8) is 0 Å². The highest BCUT2D eigenvalue weighted by atomic mass is 16.6. The van der Waals surface area contributed by atoms with E-state index >= 15 is 0 Å². The minimum absolute atomic E-state index is 0.0488. The predicted octanol–water partition coefficient (Wildman–Crippen LogP) is 2.34. The fourth-order valence-electron chi connectivity index (χ4n) is 1.71. The van der Waals surface area contributed by atoms with Crippen LogP contribution in [0.25, 0.3) is 10.8 Å². The van der Waals surface area contributed by atoms with Crippen LogP contribution in [0.4, 0.5) is 11.4 Å². The van der Waals surface area contributed by atoms with E-state index in [1.807, 2.05) is 0 Å². The van der Waals surface area contributed by atoms with E-state index in [0.717, 1.165) is 0 Å². The van der Waals surface area contributed by atoms with Crippen LogP contribution in [-0.2, 0) is 0 Å². The Labute approximate surface area is 91.6 Å². The molecular formula is C11H10N2O3. The highest BCUT2D eigenvalue weighted by Gasteiger charge is 2.20. The van der Waals surface area contributed by atoms with E-state index in [0.29, 0.717) is 16.5 Å². The second kappa shape index (κ2) is 3.69. The molecule has 82 valence electrons. The van der Waals surface area contributed by atoms with Gasteiger partial charge < -0.3 is 10.5 Å². The summed E-state index contributed by atoms with van der Waals surface area (Å²) in [5.74, 6) is 0.182. The van der Waals surface area contributed by atoms with Gasteiger partial charge in [0.05, 0.1) is 17.4 Å². The van der Waals surface area contributed by atoms with Gasteiger partial charge in [-0.2, -0.15) is 0 Å². The summed E-state index contributed by atoms with van der Waals surface area (Å²) in [6.07, 6.45) is 0. The number of nitrogen functional groups attached to an aromatic ring is 1. The molecule has 2 N–H and O–H groups in total. The lowest BCUT2D eigenvalue weighted by atomic mass is 10.1. The Hall–Kier alpha value is -2.30. The van der Waals surface area contributed by atoms with E-state index in [2.05, 4.69) is 0 Å². The first-order valence-corrected chi connectivity index (χ1v) is 4.64. The molecule has 0 saturated carbocycles. The van der Waals surface area contributed by atoms with Crippen molar-refractivity contribution in [1.82, 2.24) is 0 Å². The standard InChI is InChI=1S/C11H10N2O3/c1-16-10-6-9(12)7-4-2-3-5-8(7)11(10)13(14)15/h2-6H,12H2,1H3. The second-order valence-corrected chi connectivity index (χ2v) is 3.32. The lowest BCUT2D eigenvalue weighted by Crippen LogP contribution is -1.97. The van der Waals surface area contributed by atoms with Crippen molar-refractivity contribution < 1.29 is 9.66 Å². The summed E-state index contributed by atoms with van der Waals surface area (Å²) in [4.78, 5) is 10.5. The summed E-state index contributed by atoms with van der Waals surface area (Å²) >= 11 is 0. The van der Waals surface area contributed by atoms with Crippen LogP contribution in [-0.4, -0.2) is 12.0 Å². The highest BCUT2D eigenvalue weighted by molar-refractivity contribution is 6.01. The Bertz CT molecular complexity index is 566. The maximum atomic E-state index is 11.0. The zero-order valence-corrected chi connectivity index (χ0v) is 8.64. The third-order valence-corrected chi connectivity index (χ3v) is 2.42. The molecule has 0 unspecified atom stereocenters. The third kappa shape index (κ3) is 1.42. The number of hydrogen-bond donors (Lipinski definition) is 1. The van der Waals surface area contributed by atoms with Crippen LogP contribution in [0.3, 0.4) is 0 Å². The molecule has 0 radical (unpaired) electrons. The van der Waals surface area contributed by atoms with E-state index in [1.54, 1.807) is 24.3 Å². The van der Waals surface area contributed by atoms with Gasteiger partial charge >= 0.3 is 5.69 Å². The number of rotatable bonds is 2. The molecule has 0 aliphatic heterocycles. The monoisotopic (exact) mass is 218 g/mol. The van der Waals surface area contributed by atoms with Crippen molar-refractivity contribution in [2.24, 2.45) is 0 Å². The third-order valence-electron chi connectivity index (χ3n) is 2.42. The lowest BCUT2D eigenvalue weighted by Gasteiger charge is -2.07. The molecule has 0 spiro atoms. The average molecular weight is 218 g/mol. The maximum Gasteiger partial charge on any atom is 0.318 e. The molecule has 5 heteroatoms. The van der Waals surface area contributed by atoms with E-state index in [1.165, 1.54) is 13.2 Å². The number of methoxy groups -OCH3 is 1. The number of nitro groups is 1. The number of fused-ring (bicyclic) bond motifs is 1. The normalized spacial score (nSPS) is 10.3. The number of nitro benzene ring substituents is 1. The van der Waals surface area contributed by atoms with Crippen LogP contribution in [0.2, 0.25) is 0 Å². The van der Waals surface area contributed by atoms with E-state index in [9.17, 15) is 10.1 Å². The summed E-state index contributed by atoms with van der Waals surface area (Å²) in [7, 11) is 1.39. The maximum absolute atomic E-state index is 11.0. The molecule has 2 aromatic carbocycles. The molecule has 0 saturated heterocycles. The number of nitrogens with zero attached hydrogens (tertiary/aromatic N) is 1. The van der Waals surface area contributed by atoms with Gasteiger partial charge in [0.2, 0.25) is 0 Å². The smallest absolute Gasteiger partial charge is 0.318 e. The summed E-state index contributed by atoms with van der Waals surface area (Å²) in [5, 5.41) is 12.1. The van der Waals surface area contributed by atoms with E-state index < -0.39 is 4.92 Å². The Morgan fingerprint density at radius 3 is 2.50 bits per heavy atom. The SMILES string of the molecule is COc1cc(N)c2ccccc2c1[N+](=O)[O-]. The number of ether oxygens (including phenoxy) is 1. The fraction of sp³-hybridized carbons (Fsp3) is 0.0909. The van der Waals surface area contributed by atoms with Gasteiger partial charge in [-0.05, 0) is 6.07 Å². The molecule has 0 heterocycles. The van der Waals surface area contributed by atoms with Crippen LogP contribution in [0, 0.1) is 10.1 Å². The molecule has 2 rings (SSSR count). The van der Waals surface area contributed by atoms with Crippen molar-refractivity contribution in [1.29, 1.82) is 0 Å². The van der Waals surface area contributed by atoms with Crippen LogP contribution < -0.4 is 10.5 Å². The van der Waals surface area contributed by atoms with Gasteiger partial charge in [0, 0.05) is 17.1 Å². The molecule has 16 heavy (non-hydrogen) atoms. The van der Waals surface area contributed by atoms with Gasteiger partial charge in [-0.15, -0.1) is 0 Å². The summed E-state index contributed by atoms with van der Waals surface area (Å²) in [6, 6.07) is 8.40. The summed E-state index contributed by atoms with van der Waals surface area (Å²) in [6.45, 7) is 0. The summed E-state index contributed by atoms with van der Waals surface area (Å²) in [5.41, 5.74) is 6.22. The Morgan fingerprint density at radius 2 is 1.94 bits per heavy atom. The molecule has 0 amide bonds. The van der Waals surface area contributed by atoms with Crippen LogP contribution in [0.15, 0.2) is 30.3 Å². The van der Waals surface area contributed by atoms with Crippen LogP contribution >= 0.6 is 0 Å². The second-order valence-electron chi connectivity index (χ2n) is 3.32. The first-order valence-electron chi connectivity index (χ1n) is 4.64. The quantitative estimate of drug-likeness (QED) is 0.476. The topological polar surface area (TPSA) is 78.4 Å². The van der Waals surface area contributed by atoms with Crippen molar-refractivity contribution in [2.75, 3.05) is 12.8 Å². The van der Waals surface area contributed by atoms with Crippen molar-refractivity contribution in [3.8, 4) is 5.75 Å². The predicted molar refractivity (Wildman–Crippen MR) is 61.6 cm³/mol. The van der Waals surface area contributed by atoms with Gasteiger partial charge in [-0.1, -0.05) is 18.2 Å². The Kier molecular flexibility index (Phi) is 2.36. The first-order chi connectivity index (χ1) is 7.65. The highest BCUT2D eigenvalue weighted by Crippen LogP contribution is 2.38. The largest absolute Gasteiger partial charge is 0.490 e. The minimum atomic E-state index is -0.458. The molecule has 0 fully saturated rings. The molecule has 2 aromatic rings. The molecular weight excluding hydrogens is 208 g/mol. The van der Waals surface area contributed by atoms with Crippen LogP contribution in [0.1, 0.15) is 0 Å². The van der Waals surface area contributed by atoms with E-state index in [4.69, 9.17) is 10.5 Å². The van der Waals surface area contributed by atoms with Gasteiger partial charge in [0.15, 0.2) is 5.75 Å². The molecule has 0 bridgehead atoms. The van der Waals surface area contributed by atoms with Gasteiger partial charge in [0.25, 0.3) is 0 Å². The van der Waals surface area contributed by atoms with Crippen molar-refractivity contribution in [3.05, 3.63) is 40.4 Å². The molecule has 0 aliphatic carbocycles. The molecule has 0 aliphatic rings. The fourth-order valence-corrected chi connectivity index (χ4v) is 1.71. The Morgan fingerprint density at radius 1 is 1.31 bits per heavy atom. The minimum Gasteiger partial charge on any atom is -0.490 e. The summed E-state index contributed by atoms with van der Waals surface area (Å²) < 4.78 is 4.97. The van der Waals surface area contributed by atoms with Crippen LogP contribution in [0.5, 0.6) is 5.75 Å². The zero-order valence-electron chi connectivity index (χ0n) is 8.64. The Balaban J connectivity index is 2.92. The van der Waals surface area contributed by atoms with Gasteiger partial charge in [0.1, 0.15) is 0 Å². The van der Waals surface area contributed by atoms with Gasteiger partial charge in [-0.3, -0.25) is 10.1 Å². The van der Waals surface area contributed by atoms with Crippen molar-refractivity contribution >= 4 is 22.1 Å². The molecule has 0 atom stereocenters. The number of nitrogens with two attached hydrogens (primary N) is 1. The lowest BCUT2D eigenvalue weighted by molar-refractivity contribution is -0.383. The molecule has 5 nitrogen and oxygen atoms in total. The first kappa shape index (κ1) is 10.2. The molecule has 0 aromatic heterocycles. The number of benzene rings is 2. The average Bonchev–Trinajstić information content (AvgIpc) is 2.28.